The summed E-state index contributed by atoms with van der Waals surface area (Å²) in [6, 6.07) is 6.83. The van der Waals surface area contributed by atoms with E-state index in [1.165, 1.54) is 0 Å². The fourth-order valence-electron chi connectivity index (χ4n) is 2.79. The average molecular weight is 340 g/mol. The molecule has 6 heteroatoms. The van der Waals surface area contributed by atoms with Crippen LogP contribution in [0.25, 0.3) is 21.0 Å². The SMILES string of the molecule is O=C(O)c1ccc2c(c1)nc(NC1=CC=CCC1F)c1ccsc12. The first-order valence-electron chi connectivity index (χ1n) is 7.45. The summed E-state index contributed by atoms with van der Waals surface area (Å²) in [5.74, 6) is -0.450. The number of pyridine rings is 1. The summed E-state index contributed by atoms with van der Waals surface area (Å²) >= 11 is 1.55. The third-order valence-corrected chi connectivity index (χ3v) is 4.94. The number of benzene rings is 1. The molecule has 0 saturated carbocycles. The van der Waals surface area contributed by atoms with Gasteiger partial charge in [0.25, 0.3) is 0 Å². The molecule has 0 saturated heterocycles. The number of carbonyl (C=O) groups is 1. The number of thiophene rings is 1. The minimum atomic E-state index is -1.09. The number of nitrogens with one attached hydrogen (secondary N) is 1. The number of halogens is 1. The van der Waals surface area contributed by atoms with Gasteiger partial charge < -0.3 is 10.4 Å². The zero-order chi connectivity index (χ0) is 16.7. The molecule has 0 fully saturated rings. The van der Waals surface area contributed by atoms with Crippen LogP contribution < -0.4 is 5.32 Å². The van der Waals surface area contributed by atoms with Gasteiger partial charge in [-0.15, -0.1) is 11.3 Å². The van der Waals surface area contributed by atoms with Gasteiger partial charge in [-0.2, -0.15) is 0 Å². The van der Waals surface area contributed by atoms with Crippen LogP contribution in [0, 0.1) is 0 Å². The van der Waals surface area contributed by atoms with Gasteiger partial charge in [0, 0.05) is 21.9 Å². The van der Waals surface area contributed by atoms with Gasteiger partial charge in [-0.3, -0.25) is 0 Å². The van der Waals surface area contributed by atoms with Crippen molar-refractivity contribution in [1.29, 1.82) is 0 Å². The lowest BCUT2D eigenvalue weighted by Gasteiger charge is -2.17. The predicted octanol–water partition coefficient (Wildman–Crippen LogP) is 4.74. The van der Waals surface area contributed by atoms with Gasteiger partial charge in [0.05, 0.1) is 16.8 Å². The number of aromatic nitrogens is 1. The Labute approximate surface area is 140 Å². The molecule has 1 atom stereocenters. The Morgan fingerprint density at radius 3 is 3.00 bits per heavy atom. The summed E-state index contributed by atoms with van der Waals surface area (Å²) in [4.78, 5) is 15.7. The Morgan fingerprint density at radius 1 is 1.33 bits per heavy atom. The number of carboxylic acids is 1. The van der Waals surface area contributed by atoms with Crippen molar-refractivity contribution < 1.29 is 14.3 Å². The molecule has 2 N–H and O–H groups in total. The van der Waals surface area contributed by atoms with Gasteiger partial charge >= 0.3 is 5.97 Å². The lowest BCUT2D eigenvalue weighted by molar-refractivity contribution is 0.0697. The smallest absolute Gasteiger partial charge is 0.335 e. The fraction of sp³-hybridized carbons (Fsp3) is 0.111. The average Bonchev–Trinajstić information content (AvgIpc) is 3.06. The standard InChI is InChI=1S/C18H13FN2O2S/c19-13-3-1-2-4-14(13)20-17-12-7-8-24-16(12)11-6-5-10(18(22)23)9-15(11)21-17/h1-2,4-9,13H,3H2,(H,20,21)(H,22,23). The summed E-state index contributed by atoms with van der Waals surface area (Å²) in [6.07, 6.45) is 4.54. The van der Waals surface area contributed by atoms with Crippen molar-refractivity contribution in [1.82, 2.24) is 4.98 Å². The molecular weight excluding hydrogens is 327 g/mol. The number of hydrogen-bond acceptors (Lipinski definition) is 4. The van der Waals surface area contributed by atoms with Crippen LogP contribution in [0.3, 0.4) is 0 Å². The Bertz CT molecular complexity index is 1020. The molecule has 0 radical (unpaired) electrons. The first-order valence-corrected chi connectivity index (χ1v) is 8.33. The molecule has 1 aliphatic rings. The number of anilines is 1. The van der Waals surface area contributed by atoms with E-state index in [1.807, 2.05) is 17.5 Å². The largest absolute Gasteiger partial charge is 0.478 e. The van der Waals surface area contributed by atoms with Crippen molar-refractivity contribution in [3.05, 3.63) is 59.1 Å². The van der Waals surface area contributed by atoms with Crippen LogP contribution in [-0.4, -0.2) is 22.2 Å². The highest BCUT2D eigenvalue weighted by Crippen LogP contribution is 2.35. The van der Waals surface area contributed by atoms with Crippen LogP contribution in [0.5, 0.6) is 0 Å². The number of carboxylic acid groups (broad SMARTS) is 1. The van der Waals surface area contributed by atoms with E-state index in [9.17, 15) is 14.3 Å². The first kappa shape index (κ1) is 14.8. The van der Waals surface area contributed by atoms with Crippen molar-refractivity contribution in [2.75, 3.05) is 5.32 Å². The molecular formula is C18H13FN2O2S. The predicted molar refractivity (Wildman–Crippen MR) is 94.4 cm³/mol. The topological polar surface area (TPSA) is 62.2 Å². The number of nitrogens with zero attached hydrogens (tertiary/aromatic N) is 1. The monoisotopic (exact) mass is 340 g/mol. The highest BCUT2D eigenvalue weighted by atomic mass is 32.1. The molecule has 2 heterocycles. The van der Waals surface area contributed by atoms with Crippen LogP contribution in [0.15, 0.2) is 53.6 Å². The summed E-state index contributed by atoms with van der Waals surface area (Å²) in [6.45, 7) is 0. The summed E-state index contributed by atoms with van der Waals surface area (Å²) in [7, 11) is 0. The molecule has 0 bridgehead atoms. The van der Waals surface area contributed by atoms with E-state index in [1.54, 1.807) is 41.7 Å². The molecule has 4 nitrogen and oxygen atoms in total. The molecule has 1 aliphatic carbocycles. The van der Waals surface area contributed by atoms with Crippen molar-refractivity contribution >= 4 is 44.1 Å². The maximum absolute atomic E-state index is 14.1. The molecule has 24 heavy (non-hydrogen) atoms. The van der Waals surface area contributed by atoms with E-state index in [-0.39, 0.29) is 5.56 Å². The lowest BCUT2D eigenvalue weighted by Crippen LogP contribution is -2.15. The maximum atomic E-state index is 14.1. The quantitative estimate of drug-likeness (QED) is 0.723. The van der Waals surface area contributed by atoms with E-state index < -0.39 is 12.1 Å². The van der Waals surface area contributed by atoms with E-state index in [0.29, 0.717) is 23.5 Å². The van der Waals surface area contributed by atoms with Gasteiger partial charge in [0.2, 0.25) is 0 Å². The molecule has 0 amide bonds. The summed E-state index contributed by atoms with van der Waals surface area (Å²) < 4.78 is 15.1. The molecule has 0 spiro atoms. The number of rotatable bonds is 3. The third kappa shape index (κ3) is 2.45. The van der Waals surface area contributed by atoms with Crippen LogP contribution in [-0.2, 0) is 0 Å². The number of allylic oxidation sites excluding steroid dienone is 4. The molecule has 2 aromatic heterocycles. The fourth-order valence-corrected chi connectivity index (χ4v) is 3.72. The normalized spacial score (nSPS) is 17.2. The summed E-state index contributed by atoms with van der Waals surface area (Å²) in [5.41, 5.74) is 1.22. The van der Waals surface area contributed by atoms with Crippen molar-refractivity contribution in [2.24, 2.45) is 0 Å². The Balaban J connectivity index is 1.89. The maximum Gasteiger partial charge on any atom is 0.335 e. The number of aromatic carboxylic acids is 1. The number of fused-ring (bicyclic) bond motifs is 3. The minimum Gasteiger partial charge on any atom is -0.478 e. The molecule has 1 unspecified atom stereocenters. The third-order valence-electron chi connectivity index (χ3n) is 4.00. The van der Waals surface area contributed by atoms with Gasteiger partial charge in [-0.25, -0.2) is 14.2 Å². The molecule has 1 aromatic carbocycles. The van der Waals surface area contributed by atoms with Crippen LogP contribution in [0.4, 0.5) is 10.2 Å². The first-order chi connectivity index (χ1) is 11.6. The Morgan fingerprint density at radius 2 is 2.21 bits per heavy atom. The van der Waals surface area contributed by atoms with Crippen molar-refractivity contribution in [3.8, 4) is 0 Å². The Kier molecular flexibility index (Phi) is 3.54. The second-order valence-corrected chi connectivity index (χ2v) is 6.46. The second kappa shape index (κ2) is 5.72. The lowest BCUT2D eigenvalue weighted by atomic mass is 10.1. The van der Waals surface area contributed by atoms with Crippen LogP contribution >= 0.6 is 11.3 Å². The van der Waals surface area contributed by atoms with E-state index in [4.69, 9.17) is 0 Å². The number of hydrogen-bond donors (Lipinski definition) is 2. The molecule has 0 aliphatic heterocycles. The van der Waals surface area contributed by atoms with Gasteiger partial charge in [-0.05, 0) is 29.7 Å². The molecule has 120 valence electrons. The van der Waals surface area contributed by atoms with Crippen LogP contribution in [0.2, 0.25) is 0 Å². The van der Waals surface area contributed by atoms with Gasteiger partial charge in [0.15, 0.2) is 0 Å². The van der Waals surface area contributed by atoms with Crippen molar-refractivity contribution in [3.63, 3.8) is 0 Å². The highest BCUT2D eigenvalue weighted by molar-refractivity contribution is 7.18. The molecule has 3 aromatic rings. The summed E-state index contributed by atoms with van der Waals surface area (Å²) in [5, 5.41) is 16.0. The highest BCUT2D eigenvalue weighted by Gasteiger charge is 2.17. The zero-order valence-electron chi connectivity index (χ0n) is 12.5. The van der Waals surface area contributed by atoms with Gasteiger partial charge in [-0.1, -0.05) is 18.2 Å². The van der Waals surface area contributed by atoms with Crippen molar-refractivity contribution in [2.45, 2.75) is 12.6 Å². The zero-order valence-corrected chi connectivity index (χ0v) is 13.3. The van der Waals surface area contributed by atoms with E-state index in [2.05, 4.69) is 10.3 Å². The van der Waals surface area contributed by atoms with E-state index in [0.717, 1.165) is 15.5 Å². The minimum absolute atomic E-state index is 0.181. The van der Waals surface area contributed by atoms with Crippen LogP contribution in [0.1, 0.15) is 16.8 Å². The molecule has 4 rings (SSSR count). The number of alkyl halides is 1. The van der Waals surface area contributed by atoms with E-state index >= 15 is 0 Å². The van der Waals surface area contributed by atoms with Gasteiger partial charge in [0.1, 0.15) is 12.0 Å². The second-order valence-electron chi connectivity index (χ2n) is 5.54. The Hall–Kier alpha value is -2.73.